The van der Waals surface area contributed by atoms with Crippen LogP contribution in [0.15, 0.2) is 23.8 Å². The predicted octanol–water partition coefficient (Wildman–Crippen LogP) is 19.0. The Kier molecular flexibility index (Phi) is 23.7. The van der Waals surface area contributed by atoms with Gasteiger partial charge in [0.15, 0.2) is 0 Å². The highest BCUT2D eigenvalue weighted by Gasteiger charge is 2.59. The van der Waals surface area contributed by atoms with E-state index in [0.29, 0.717) is 29.0 Å². The van der Waals surface area contributed by atoms with Gasteiger partial charge in [0.2, 0.25) is 0 Å². The molecule has 0 aromatic carbocycles. The summed E-state index contributed by atoms with van der Waals surface area (Å²) in [5.74, 6) is 5.81. The maximum atomic E-state index is 6.96. The number of hydrogen-bond donors (Lipinski definition) is 0. The van der Waals surface area contributed by atoms with Gasteiger partial charge in [0, 0.05) is 0 Å². The number of rotatable bonds is 32. The lowest BCUT2D eigenvalue weighted by Crippen LogP contribution is -2.51. The predicted molar refractivity (Wildman–Crippen MR) is 258 cm³/mol. The average molecular weight is 805 g/mol. The highest BCUT2D eigenvalue weighted by molar-refractivity contribution is 5.25. The second-order valence-corrected chi connectivity index (χ2v) is 22.1. The van der Waals surface area contributed by atoms with Crippen LogP contribution in [0.5, 0.6) is 0 Å². The van der Waals surface area contributed by atoms with Crippen molar-refractivity contribution in [2.45, 2.75) is 286 Å². The molecule has 3 fully saturated rings. The summed E-state index contributed by atoms with van der Waals surface area (Å²) in [5.41, 5.74) is 2.76. The van der Waals surface area contributed by atoms with Crippen molar-refractivity contribution in [1.29, 1.82) is 0 Å². The third-order valence-electron chi connectivity index (χ3n) is 17.7. The zero-order valence-electron chi connectivity index (χ0n) is 40.9. The Morgan fingerprint density at radius 1 is 0.603 bits per heavy atom. The molecule has 0 aromatic rings. The first kappa shape index (κ1) is 50.1. The summed E-state index contributed by atoms with van der Waals surface area (Å²) in [6.45, 7) is 19.8. The molecule has 10 unspecified atom stereocenters. The molecular weight excluding hydrogens is 701 g/mol. The second-order valence-electron chi connectivity index (χ2n) is 22.1. The first-order chi connectivity index (χ1) is 28.2. The van der Waals surface area contributed by atoms with Gasteiger partial charge in [-0.15, -0.1) is 0 Å². The fourth-order valence-electron chi connectivity index (χ4n) is 13.7. The maximum Gasteiger partial charge on any atom is 0.0616 e. The van der Waals surface area contributed by atoms with Crippen LogP contribution >= 0.6 is 0 Å². The van der Waals surface area contributed by atoms with Crippen molar-refractivity contribution in [2.24, 2.45) is 52.3 Å². The largest absolute Gasteiger partial charge is 0.375 e. The van der Waals surface area contributed by atoms with Crippen LogP contribution in [0.3, 0.4) is 0 Å². The molecule has 338 valence electrons. The topological polar surface area (TPSA) is 9.23 Å². The van der Waals surface area contributed by atoms with Crippen LogP contribution in [-0.4, -0.2) is 12.2 Å². The van der Waals surface area contributed by atoms with Gasteiger partial charge in [-0.05, 0) is 123 Å². The van der Waals surface area contributed by atoms with Gasteiger partial charge < -0.3 is 4.74 Å². The van der Waals surface area contributed by atoms with Gasteiger partial charge in [-0.1, -0.05) is 227 Å². The van der Waals surface area contributed by atoms with Crippen molar-refractivity contribution >= 4 is 0 Å². The van der Waals surface area contributed by atoms with E-state index in [-0.39, 0.29) is 0 Å². The molecule has 4 rings (SSSR count). The van der Waals surface area contributed by atoms with Gasteiger partial charge in [0.05, 0.1) is 12.2 Å². The summed E-state index contributed by atoms with van der Waals surface area (Å²) < 4.78 is 6.96. The van der Waals surface area contributed by atoms with E-state index in [9.17, 15) is 0 Å². The van der Waals surface area contributed by atoms with Crippen LogP contribution in [-0.2, 0) is 4.74 Å². The van der Waals surface area contributed by atoms with Crippen LogP contribution < -0.4 is 0 Å². The monoisotopic (exact) mass is 805 g/mol. The number of unbranched alkanes of at least 4 members (excludes halogenated alkanes) is 22. The summed E-state index contributed by atoms with van der Waals surface area (Å²) in [6.07, 6.45) is 57.3. The van der Waals surface area contributed by atoms with Gasteiger partial charge >= 0.3 is 0 Å². The van der Waals surface area contributed by atoms with E-state index < -0.39 is 0 Å². The van der Waals surface area contributed by atoms with Gasteiger partial charge in [0.1, 0.15) is 0 Å². The van der Waals surface area contributed by atoms with Gasteiger partial charge in [-0.25, -0.2) is 0 Å². The van der Waals surface area contributed by atoms with Crippen molar-refractivity contribution < 1.29 is 4.74 Å². The summed E-state index contributed by atoms with van der Waals surface area (Å²) in [6, 6.07) is 0. The quantitative estimate of drug-likeness (QED) is 0.0486. The van der Waals surface area contributed by atoms with Gasteiger partial charge in [-0.2, -0.15) is 0 Å². The zero-order valence-corrected chi connectivity index (χ0v) is 40.9. The molecule has 0 N–H and O–H groups in total. The van der Waals surface area contributed by atoms with E-state index in [1.807, 2.05) is 0 Å². The highest BCUT2D eigenvalue weighted by Crippen LogP contribution is 2.67. The summed E-state index contributed by atoms with van der Waals surface area (Å²) >= 11 is 0. The van der Waals surface area contributed by atoms with Crippen molar-refractivity contribution in [3.63, 3.8) is 0 Å². The molecular formula is C57H104O. The Hall–Kier alpha value is -0.560. The lowest BCUT2D eigenvalue weighted by molar-refractivity contribution is -0.0757. The smallest absolute Gasteiger partial charge is 0.0616 e. The minimum atomic E-state index is 0.424. The summed E-state index contributed by atoms with van der Waals surface area (Å²) in [5, 5.41) is 0. The van der Waals surface area contributed by atoms with E-state index in [2.05, 4.69) is 73.6 Å². The second kappa shape index (κ2) is 27.5. The molecule has 0 bridgehead atoms. The average Bonchev–Trinajstić information content (AvgIpc) is 3.58. The molecule has 1 heteroatoms. The van der Waals surface area contributed by atoms with Gasteiger partial charge in [0.25, 0.3) is 0 Å². The Balaban J connectivity index is 1.02. The lowest BCUT2D eigenvalue weighted by atomic mass is 9.47. The summed E-state index contributed by atoms with van der Waals surface area (Å²) in [4.78, 5) is 0. The fraction of sp³-hybridized carbons (Fsp3) is 0.930. The lowest BCUT2D eigenvalue weighted by Gasteiger charge is -2.58. The number of fused-ring (bicyclic) bond motifs is 5. The van der Waals surface area contributed by atoms with E-state index >= 15 is 0 Å². The molecule has 0 aliphatic heterocycles. The third-order valence-corrected chi connectivity index (χ3v) is 17.7. The van der Waals surface area contributed by atoms with Crippen LogP contribution in [0.2, 0.25) is 0 Å². The molecule has 4 aliphatic rings. The zero-order chi connectivity index (χ0) is 41.6. The van der Waals surface area contributed by atoms with E-state index in [0.717, 1.165) is 35.5 Å². The number of allylic oxidation sites excluding steroid dienone is 3. The van der Waals surface area contributed by atoms with E-state index in [1.54, 1.807) is 5.57 Å². The van der Waals surface area contributed by atoms with E-state index in [1.165, 1.54) is 218 Å². The Morgan fingerprint density at radius 3 is 1.64 bits per heavy atom. The summed E-state index contributed by atoms with van der Waals surface area (Å²) in [7, 11) is 0. The number of hydrogen-bond acceptors (Lipinski definition) is 1. The Morgan fingerprint density at radius 2 is 1.14 bits per heavy atom. The molecule has 0 spiro atoms. The van der Waals surface area contributed by atoms with Crippen molar-refractivity contribution in [3.05, 3.63) is 23.8 Å². The Labute approximate surface area is 365 Å². The first-order valence-corrected chi connectivity index (χ1v) is 27.2. The Bertz CT molecular complexity index is 1120. The molecule has 58 heavy (non-hydrogen) atoms. The number of ether oxygens (including phenoxy) is 1. The van der Waals surface area contributed by atoms with E-state index in [4.69, 9.17) is 4.74 Å². The van der Waals surface area contributed by atoms with Crippen LogP contribution in [0, 0.1) is 52.3 Å². The van der Waals surface area contributed by atoms with Crippen molar-refractivity contribution in [3.8, 4) is 0 Å². The SMILES string of the molecule is CCCCCCCCCCCCCCCCCCCCCCCCCC(CC)OC1CCC2(C)C(=CCC3C2CCC2(C)C(C(C)C=CC(CC)C(C)C)CCC32)C1. The molecule has 4 aliphatic carbocycles. The molecule has 10 atom stereocenters. The first-order valence-electron chi connectivity index (χ1n) is 27.2. The normalized spacial score (nSPS) is 29.9. The molecule has 0 heterocycles. The molecule has 0 saturated heterocycles. The van der Waals surface area contributed by atoms with Crippen LogP contribution in [0.25, 0.3) is 0 Å². The minimum Gasteiger partial charge on any atom is -0.375 e. The maximum absolute atomic E-state index is 6.96. The van der Waals surface area contributed by atoms with Gasteiger partial charge in [-0.3, -0.25) is 0 Å². The third kappa shape index (κ3) is 15.4. The highest BCUT2D eigenvalue weighted by atomic mass is 16.5. The molecule has 1 nitrogen and oxygen atoms in total. The standard InChI is InChI=1S/C57H104O/c1-9-12-13-14-15-16-17-18-19-20-21-22-23-24-25-26-27-28-29-30-31-32-33-34-50(11-3)58-51-41-43-56(7)49(45-51)37-38-52-54-40-39-53(57(54,8)44-42-55(52)56)47(6)35-36-48(10-2)46(4)5/h35-37,46-48,50-55H,9-34,38-45H2,1-8H3. The van der Waals surface area contributed by atoms with Crippen molar-refractivity contribution in [1.82, 2.24) is 0 Å². The molecule has 0 aromatic heterocycles. The molecule has 3 saturated carbocycles. The van der Waals surface area contributed by atoms with Crippen LogP contribution in [0.1, 0.15) is 274 Å². The minimum absolute atomic E-state index is 0.424. The van der Waals surface area contributed by atoms with Crippen molar-refractivity contribution in [2.75, 3.05) is 0 Å². The fourth-order valence-corrected chi connectivity index (χ4v) is 13.7. The van der Waals surface area contributed by atoms with Crippen LogP contribution in [0.4, 0.5) is 0 Å². The molecule has 0 radical (unpaired) electrons. The molecule has 0 amide bonds.